The van der Waals surface area contributed by atoms with E-state index < -0.39 is 0 Å². The van der Waals surface area contributed by atoms with Gasteiger partial charge in [-0.3, -0.25) is 9.80 Å². The third kappa shape index (κ3) is 4.71. The van der Waals surface area contributed by atoms with E-state index in [4.69, 9.17) is 0 Å². The molecule has 0 radical (unpaired) electrons. The van der Waals surface area contributed by atoms with Crippen LogP contribution in [0.4, 0.5) is 0 Å². The smallest absolute Gasteiger partial charge is 0.0195 e. The van der Waals surface area contributed by atoms with Gasteiger partial charge in [0.2, 0.25) is 0 Å². The summed E-state index contributed by atoms with van der Waals surface area (Å²) in [6, 6.07) is 1.92. The zero-order valence-electron chi connectivity index (χ0n) is 14.9. The Bertz CT molecular complexity index is 261. The Labute approximate surface area is 127 Å². The van der Waals surface area contributed by atoms with Crippen LogP contribution >= 0.6 is 0 Å². The van der Waals surface area contributed by atoms with Gasteiger partial charge in [-0.05, 0) is 39.2 Å². The molecule has 2 unspecified atom stereocenters. The highest BCUT2D eigenvalue weighted by atomic mass is 15.3. The summed E-state index contributed by atoms with van der Waals surface area (Å²) in [5, 5.41) is 3.67. The van der Waals surface area contributed by atoms with Gasteiger partial charge < -0.3 is 5.32 Å². The lowest BCUT2D eigenvalue weighted by molar-refractivity contribution is 0.0278. The summed E-state index contributed by atoms with van der Waals surface area (Å²) in [6.07, 6.45) is 2.52. The van der Waals surface area contributed by atoms with Crippen LogP contribution in [0.5, 0.6) is 0 Å². The second-order valence-electron chi connectivity index (χ2n) is 7.30. The highest BCUT2D eigenvalue weighted by Gasteiger charge is 2.33. The van der Waals surface area contributed by atoms with E-state index in [1.807, 2.05) is 0 Å². The van der Waals surface area contributed by atoms with Crippen molar-refractivity contribution in [2.45, 2.75) is 72.5 Å². The van der Waals surface area contributed by atoms with Crippen LogP contribution in [0.2, 0.25) is 0 Å². The van der Waals surface area contributed by atoms with Gasteiger partial charge in [-0.2, -0.15) is 0 Å². The van der Waals surface area contributed by atoms with Crippen LogP contribution in [0.15, 0.2) is 0 Å². The predicted molar refractivity (Wildman–Crippen MR) is 89.3 cm³/mol. The zero-order chi connectivity index (χ0) is 15.3. The maximum Gasteiger partial charge on any atom is 0.0195 e. The first-order valence-corrected chi connectivity index (χ1v) is 8.51. The van der Waals surface area contributed by atoms with Gasteiger partial charge in [0, 0.05) is 44.3 Å². The molecule has 0 aromatic rings. The van der Waals surface area contributed by atoms with E-state index in [2.05, 4.69) is 63.7 Å². The van der Waals surface area contributed by atoms with Crippen LogP contribution in [0.3, 0.4) is 0 Å². The van der Waals surface area contributed by atoms with Crippen molar-refractivity contribution in [1.29, 1.82) is 0 Å². The van der Waals surface area contributed by atoms with Crippen molar-refractivity contribution >= 4 is 0 Å². The van der Waals surface area contributed by atoms with E-state index in [1.54, 1.807) is 0 Å². The molecule has 1 aliphatic heterocycles. The number of likely N-dealkylation sites (N-methyl/N-ethyl adjacent to an activating group) is 1. The second-order valence-corrected chi connectivity index (χ2v) is 7.30. The average molecular weight is 284 g/mol. The van der Waals surface area contributed by atoms with Crippen molar-refractivity contribution < 1.29 is 0 Å². The van der Waals surface area contributed by atoms with Crippen LogP contribution in [-0.2, 0) is 0 Å². The Hall–Kier alpha value is -0.120. The van der Waals surface area contributed by atoms with Gasteiger partial charge in [-0.15, -0.1) is 0 Å². The van der Waals surface area contributed by atoms with Crippen LogP contribution in [0.1, 0.15) is 54.4 Å². The van der Waals surface area contributed by atoms with Crippen LogP contribution in [0, 0.1) is 5.41 Å². The maximum atomic E-state index is 3.67. The zero-order valence-corrected chi connectivity index (χ0v) is 14.9. The summed E-state index contributed by atoms with van der Waals surface area (Å²) in [5.74, 6) is 0. The Balaban J connectivity index is 2.65. The van der Waals surface area contributed by atoms with Crippen LogP contribution in [-0.4, -0.2) is 61.2 Å². The molecule has 1 saturated heterocycles. The van der Waals surface area contributed by atoms with Crippen molar-refractivity contribution in [3.8, 4) is 0 Å². The van der Waals surface area contributed by atoms with Gasteiger partial charge in [-0.1, -0.05) is 27.7 Å². The first kappa shape index (κ1) is 17.9. The fraction of sp³-hybridized carbons (Fsp3) is 1.00. The van der Waals surface area contributed by atoms with Gasteiger partial charge in [-0.25, -0.2) is 0 Å². The minimum atomic E-state index is 0.430. The molecule has 3 heteroatoms. The molecule has 0 aromatic heterocycles. The molecule has 0 saturated carbocycles. The van der Waals surface area contributed by atoms with Crippen LogP contribution in [0.25, 0.3) is 0 Å². The number of hydrogen-bond donors (Lipinski definition) is 1. The molecule has 120 valence electrons. The quantitative estimate of drug-likeness (QED) is 0.775. The van der Waals surface area contributed by atoms with Crippen molar-refractivity contribution in [2.75, 3.05) is 33.2 Å². The predicted octanol–water partition coefficient (Wildman–Crippen LogP) is 2.82. The Morgan fingerprint density at radius 2 is 1.60 bits per heavy atom. The first-order valence-electron chi connectivity index (χ1n) is 8.51. The van der Waals surface area contributed by atoms with Crippen LogP contribution < -0.4 is 5.32 Å². The minimum Gasteiger partial charge on any atom is -0.314 e. The van der Waals surface area contributed by atoms with Gasteiger partial charge in [0.25, 0.3) is 0 Å². The van der Waals surface area contributed by atoms with E-state index in [9.17, 15) is 0 Å². The molecule has 0 amide bonds. The fourth-order valence-electron chi connectivity index (χ4n) is 3.32. The van der Waals surface area contributed by atoms with Crippen molar-refractivity contribution in [2.24, 2.45) is 5.41 Å². The fourth-order valence-corrected chi connectivity index (χ4v) is 3.32. The number of piperazine rings is 1. The summed E-state index contributed by atoms with van der Waals surface area (Å²) < 4.78 is 0. The molecular formula is C17H37N3. The monoisotopic (exact) mass is 283 g/mol. The standard InChI is InChI=1S/C17H37N3/c1-8-17(9-2,12-18-14(3)4)13-20-10-15(5)19(7)16(6)11-20/h14-16,18H,8-13H2,1-7H3. The Kier molecular flexibility index (Phi) is 6.96. The molecule has 0 aliphatic carbocycles. The van der Waals surface area contributed by atoms with E-state index in [1.165, 1.54) is 32.5 Å². The first-order chi connectivity index (χ1) is 9.33. The van der Waals surface area contributed by atoms with Gasteiger partial charge in [0.05, 0.1) is 0 Å². The molecule has 3 nitrogen and oxygen atoms in total. The topological polar surface area (TPSA) is 18.5 Å². The summed E-state index contributed by atoms with van der Waals surface area (Å²) in [7, 11) is 2.26. The van der Waals surface area contributed by atoms with Gasteiger partial charge in [0.15, 0.2) is 0 Å². The molecule has 1 N–H and O–H groups in total. The minimum absolute atomic E-state index is 0.430. The molecular weight excluding hydrogens is 246 g/mol. The molecule has 1 aliphatic rings. The summed E-state index contributed by atoms with van der Waals surface area (Å²) >= 11 is 0. The molecule has 0 spiro atoms. The molecule has 2 atom stereocenters. The number of nitrogens with zero attached hydrogens (tertiary/aromatic N) is 2. The molecule has 0 bridgehead atoms. The van der Waals surface area contributed by atoms with E-state index >= 15 is 0 Å². The largest absolute Gasteiger partial charge is 0.314 e. The van der Waals surface area contributed by atoms with Crippen molar-refractivity contribution in [3.05, 3.63) is 0 Å². The number of hydrogen-bond acceptors (Lipinski definition) is 3. The van der Waals surface area contributed by atoms with Gasteiger partial charge >= 0.3 is 0 Å². The van der Waals surface area contributed by atoms with E-state index in [0.717, 1.165) is 6.54 Å². The highest BCUT2D eigenvalue weighted by molar-refractivity contribution is 4.89. The molecule has 1 rings (SSSR count). The summed E-state index contributed by atoms with van der Waals surface area (Å²) in [6.45, 7) is 18.7. The lowest BCUT2D eigenvalue weighted by Crippen LogP contribution is -2.57. The molecule has 1 heterocycles. The average Bonchev–Trinajstić information content (AvgIpc) is 2.40. The summed E-state index contributed by atoms with van der Waals surface area (Å²) in [4.78, 5) is 5.22. The third-order valence-corrected chi connectivity index (χ3v) is 5.38. The van der Waals surface area contributed by atoms with E-state index in [0.29, 0.717) is 23.5 Å². The maximum absolute atomic E-state index is 3.67. The summed E-state index contributed by atoms with van der Waals surface area (Å²) in [5.41, 5.74) is 0.430. The third-order valence-electron chi connectivity index (χ3n) is 5.38. The highest BCUT2D eigenvalue weighted by Crippen LogP contribution is 2.28. The normalized spacial score (nSPS) is 26.4. The SMILES string of the molecule is CCC(CC)(CNC(C)C)CN1CC(C)N(C)C(C)C1. The lowest BCUT2D eigenvalue weighted by Gasteiger charge is -2.46. The number of nitrogens with one attached hydrogen (secondary N) is 1. The number of rotatable bonds is 7. The molecule has 20 heavy (non-hydrogen) atoms. The Morgan fingerprint density at radius 1 is 1.10 bits per heavy atom. The second kappa shape index (κ2) is 7.77. The lowest BCUT2D eigenvalue weighted by atomic mass is 9.81. The van der Waals surface area contributed by atoms with Crippen molar-refractivity contribution in [1.82, 2.24) is 15.1 Å². The van der Waals surface area contributed by atoms with E-state index in [-0.39, 0.29) is 0 Å². The van der Waals surface area contributed by atoms with Gasteiger partial charge in [0.1, 0.15) is 0 Å². The Morgan fingerprint density at radius 3 is 2.00 bits per heavy atom. The molecule has 0 aromatic carbocycles. The molecule has 1 fully saturated rings. The van der Waals surface area contributed by atoms with Crippen molar-refractivity contribution in [3.63, 3.8) is 0 Å².